The Balaban J connectivity index is 2.54. The first-order chi connectivity index (χ1) is 5.77. The van der Waals surface area contributed by atoms with Crippen LogP contribution in [-0.4, -0.2) is 20.0 Å². The third-order valence-electron chi connectivity index (χ3n) is 1.77. The summed E-state index contributed by atoms with van der Waals surface area (Å²) in [6.45, 7) is 2.03. The maximum Gasteiger partial charge on any atom is 0.113 e. The van der Waals surface area contributed by atoms with Gasteiger partial charge in [0, 0.05) is 19.4 Å². The van der Waals surface area contributed by atoms with Gasteiger partial charge in [-0.25, -0.2) is 0 Å². The lowest BCUT2D eigenvalue weighted by Crippen LogP contribution is -1.87. The average molecular weight is 162 g/mol. The van der Waals surface area contributed by atoms with E-state index in [9.17, 15) is 0 Å². The van der Waals surface area contributed by atoms with E-state index in [4.69, 9.17) is 0 Å². The molecule has 0 atom stereocenters. The lowest BCUT2D eigenvalue weighted by molar-refractivity contribution is 0.769. The number of aromatic amines is 1. The van der Waals surface area contributed by atoms with Gasteiger partial charge in [-0.05, 0) is 18.6 Å². The summed E-state index contributed by atoms with van der Waals surface area (Å²) < 4.78 is 1.80. The minimum absolute atomic E-state index is 0.966. The van der Waals surface area contributed by atoms with E-state index in [0.29, 0.717) is 0 Å². The standard InChI is InChI=1S/C8H10N4/c1-6-5-12(2)11-8(6)7-3-4-9-10-7/h3-5H,1-2H3,(H,9,10). The summed E-state index contributed by atoms with van der Waals surface area (Å²) in [6, 6.07) is 1.91. The van der Waals surface area contributed by atoms with Gasteiger partial charge in [0.2, 0.25) is 0 Å². The highest BCUT2D eigenvalue weighted by Crippen LogP contribution is 2.17. The Morgan fingerprint density at radius 2 is 2.33 bits per heavy atom. The Morgan fingerprint density at radius 3 is 2.83 bits per heavy atom. The number of H-pyrrole nitrogens is 1. The molecule has 2 aromatic heterocycles. The number of hydrogen-bond donors (Lipinski definition) is 1. The maximum atomic E-state index is 4.30. The highest BCUT2D eigenvalue weighted by Gasteiger charge is 2.06. The Labute approximate surface area is 70.2 Å². The SMILES string of the molecule is Cc1cn(C)nc1-c1ccn[nH]1. The molecule has 12 heavy (non-hydrogen) atoms. The van der Waals surface area contributed by atoms with Gasteiger partial charge in [-0.15, -0.1) is 0 Å². The van der Waals surface area contributed by atoms with Crippen molar-refractivity contribution in [3.8, 4) is 11.4 Å². The van der Waals surface area contributed by atoms with Gasteiger partial charge < -0.3 is 0 Å². The molecule has 0 spiro atoms. The van der Waals surface area contributed by atoms with Crippen molar-refractivity contribution in [1.82, 2.24) is 20.0 Å². The van der Waals surface area contributed by atoms with Crippen molar-refractivity contribution in [1.29, 1.82) is 0 Å². The summed E-state index contributed by atoms with van der Waals surface area (Å²) in [7, 11) is 1.91. The molecule has 0 radical (unpaired) electrons. The molecule has 0 saturated carbocycles. The number of aryl methyl sites for hydroxylation is 2. The summed E-state index contributed by atoms with van der Waals surface area (Å²) in [4.78, 5) is 0. The molecule has 62 valence electrons. The van der Waals surface area contributed by atoms with Crippen LogP contribution in [0.1, 0.15) is 5.56 Å². The number of rotatable bonds is 1. The van der Waals surface area contributed by atoms with E-state index in [1.165, 1.54) is 0 Å². The van der Waals surface area contributed by atoms with E-state index in [-0.39, 0.29) is 0 Å². The van der Waals surface area contributed by atoms with Crippen LogP contribution in [0.5, 0.6) is 0 Å². The first-order valence-corrected chi connectivity index (χ1v) is 3.77. The highest BCUT2D eigenvalue weighted by atomic mass is 15.3. The molecule has 0 bridgehead atoms. The zero-order chi connectivity index (χ0) is 8.55. The molecule has 0 aliphatic heterocycles. The van der Waals surface area contributed by atoms with E-state index in [0.717, 1.165) is 17.0 Å². The van der Waals surface area contributed by atoms with Crippen molar-refractivity contribution in [3.63, 3.8) is 0 Å². The van der Waals surface area contributed by atoms with Crippen molar-refractivity contribution in [2.45, 2.75) is 6.92 Å². The van der Waals surface area contributed by atoms with E-state index >= 15 is 0 Å². The fraction of sp³-hybridized carbons (Fsp3) is 0.250. The molecule has 2 aromatic rings. The number of nitrogens with zero attached hydrogens (tertiary/aromatic N) is 3. The molecule has 2 rings (SSSR count). The summed E-state index contributed by atoms with van der Waals surface area (Å²) in [5.41, 5.74) is 3.09. The first-order valence-electron chi connectivity index (χ1n) is 3.77. The Kier molecular flexibility index (Phi) is 1.46. The van der Waals surface area contributed by atoms with Gasteiger partial charge in [0.05, 0.1) is 5.69 Å². The van der Waals surface area contributed by atoms with E-state index in [1.54, 1.807) is 10.9 Å². The van der Waals surface area contributed by atoms with Crippen molar-refractivity contribution in [3.05, 3.63) is 24.0 Å². The molecule has 4 heteroatoms. The summed E-state index contributed by atoms with van der Waals surface area (Å²) in [5.74, 6) is 0. The fourth-order valence-electron chi connectivity index (χ4n) is 1.26. The van der Waals surface area contributed by atoms with Gasteiger partial charge in [0.1, 0.15) is 5.69 Å². The largest absolute Gasteiger partial charge is 0.276 e. The van der Waals surface area contributed by atoms with Gasteiger partial charge in [0.15, 0.2) is 0 Å². The van der Waals surface area contributed by atoms with E-state index < -0.39 is 0 Å². The number of aromatic nitrogens is 4. The molecule has 0 fully saturated rings. The molecule has 0 unspecified atom stereocenters. The van der Waals surface area contributed by atoms with Crippen molar-refractivity contribution in [2.24, 2.45) is 7.05 Å². The lowest BCUT2D eigenvalue weighted by Gasteiger charge is -1.90. The van der Waals surface area contributed by atoms with Gasteiger partial charge >= 0.3 is 0 Å². The van der Waals surface area contributed by atoms with Crippen molar-refractivity contribution >= 4 is 0 Å². The van der Waals surface area contributed by atoms with E-state index in [1.807, 2.05) is 26.2 Å². The molecule has 4 nitrogen and oxygen atoms in total. The molecule has 2 heterocycles. The van der Waals surface area contributed by atoms with Crippen LogP contribution in [-0.2, 0) is 7.05 Å². The Bertz CT molecular complexity index is 372. The van der Waals surface area contributed by atoms with Crippen LogP contribution < -0.4 is 0 Å². The smallest absolute Gasteiger partial charge is 0.113 e. The monoisotopic (exact) mass is 162 g/mol. The minimum Gasteiger partial charge on any atom is -0.276 e. The number of hydrogen-bond acceptors (Lipinski definition) is 2. The Morgan fingerprint density at radius 1 is 1.50 bits per heavy atom. The van der Waals surface area contributed by atoms with Crippen LogP contribution in [0.3, 0.4) is 0 Å². The molecule has 0 aliphatic rings. The zero-order valence-electron chi connectivity index (χ0n) is 7.07. The quantitative estimate of drug-likeness (QED) is 0.683. The topological polar surface area (TPSA) is 46.5 Å². The maximum absolute atomic E-state index is 4.30. The fourth-order valence-corrected chi connectivity index (χ4v) is 1.26. The second-order valence-electron chi connectivity index (χ2n) is 2.80. The van der Waals surface area contributed by atoms with Gasteiger partial charge in [-0.3, -0.25) is 9.78 Å². The predicted octanol–water partition coefficient (Wildman–Crippen LogP) is 1.12. The van der Waals surface area contributed by atoms with Crippen LogP contribution in [0.2, 0.25) is 0 Å². The van der Waals surface area contributed by atoms with Crippen LogP contribution in [0.15, 0.2) is 18.5 Å². The summed E-state index contributed by atoms with van der Waals surface area (Å²) >= 11 is 0. The molecular weight excluding hydrogens is 152 g/mol. The van der Waals surface area contributed by atoms with Gasteiger partial charge in [-0.2, -0.15) is 10.2 Å². The average Bonchev–Trinajstić information content (AvgIpc) is 2.58. The predicted molar refractivity (Wildman–Crippen MR) is 45.5 cm³/mol. The van der Waals surface area contributed by atoms with E-state index in [2.05, 4.69) is 15.3 Å². The lowest BCUT2D eigenvalue weighted by atomic mass is 10.2. The molecule has 0 amide bonds. The van der Waals surface area contributed by atoms with Crippen molar-refractivity contribution in [2.75, 3.05) is 0 Å². The van der Waals surface area contributed by atoms with Gasteiger partial charge in [-0.1, -0.05) is 0 Å². The van der Waals surface area contributed by atoms with Gasteiger partial charge in [0.25, 0.3) is 0 Å². The van der Waals surface area contributed by atoms with Crippen LogP contribution >= 0.6 is 0 Å². The van der Waals surface area contributed by atoms with Crippen LogP contribution in [0, 0.1) is 6.92 Å². The Hall–Kier alpha value is -1.58. The highest BCUT2D eigenvalue weighted by molar-refractivity contribution is 5.56. The van der Waals surface area contributed by atoms with Crippen LogP contribution in [0.4, 0.5) is 0 Å². The molecule has 1 N–H and O–H groups in total. The second kappa shape index (κ2) is 2.48. The summed E-state index contributed by atoms with van der Waals surface area (Å²) in [5, 5.41) is 11.1. The zero-order valence-corrected chi connectivity index (χ0v) is 7.07. The molecular formula is C8H10N4. The minimum atomic E-state index is 0.966. The second-order valence-corrected chi connectivity index (χ2v) is 2.80. The molecule has 0 aromatic carbocycles. The summed E-state index contributed by atoms with van der Waals surface area (Å²) in [6.07, 6.45) is 3.71. The third-order valence-corrected chi connectivity index (χ3v) is 1.77. The molecule has 0 saturated heterocycles. The number of nitrogens with one attached hydrogen (secondary N) is 1. The first kappa shape index (κ1) is 7.09. The normalized spacial score (nSPS) is 10.5. The molecule has 0 aliphatic carbocycles. The third kappa shape index (κ3) is 1.01. The van der Waals surface area contributed by atoms with Crippen molar-refractivity contribution < 1.29 is 0 Å². The van der Waals surface area contributed by atoms with Crippen LogP contribution in [0.25, 0.3) is 11.4 Å².